The minimum Gasteiger partial charge on any atom is -0.466 e. The van der Waals surface area contributed by atoms with Gasteiger partial charge in [0, 0.05) is 11.4 Å². The van der Waals surface area contributed by atoms with Gasteiger partial charge in [-0.15, -0.1) is 11.3 Å². The van der Waals surface area contributed by atoms with Crippen LogP contribution < -0.4 is 5.32 Å². The van der Waals surface area contributed by atoms with Crippen LogP contribution in [-0.2, 0) is 16.0 Å². The van der Waals surface area contributed by atoms with Gasteiger partial charge in [-0.25, -0.2) is 4.98 Å². The number of rotatable bonds is 7. The van der Waals surface area contributed by atoms with Gasteiger partial charge in [-0.05, 0) is 19.8 Å². The van der Waals surface area contributed by atoms with Crippen LogP contribution in [0.2, 0.25) is 0 Å². The molecule has 0 saturated heterocycles. The Bertz CT molecular complexity index is 379. The number of nitrogens with one attached hydrogen (secondary N) is 1. The van der Waals surface area contributed by atoms with Crippen LogP contribution in [0, 0.1) is 5.92 Å². The van der Waals surface area contributed by atoms with E-state index in [-0.39, 0.29) is 12.4 Å². The third-order valence-corrected chi connectivity index (χ3v) is 3.85. The predicted octanol–water partition coefficient (Wildman–Crippen LogP) is 3.10. The maximum absolute atomic E-state index is 11.3. The summed E-state index contributed by atoms with van der Waals surface area (Å²) in [4.78, 5) is 15.7. The van der Waals surface area contributed by atoms with Crippen molar-refractivity contribution in [1.29, 1.82) is 0 Å². The summed E-state index contributed by atoms with van der Waals surface area (Å²) in [7, 11) is 0. The molecule has 0 aliphatic carbocycles. The van der Waals surface area contributed by atoms with Crippen molar-refractivity contribution in [1.82, 2.24) is 4.98 Å². The average molecular weight is 270 g/mol. The molecule has 1 heterocycles. The van der Waals surface area contributed by atoms with Gasteiger partial charge < -0.3 is 10.1 Å². The number of anilines is 1. The van der Waals surface area contributed by atoms with E-state index in [1.807, 2.05) is 5.38 Å². The molecule has 0 saturated carbocycles. The maximum Gasteiger partial charge on any atom is 0.311 e. The summed E-state index contributed by atoms with van der Waals surface area (Å²) in [6, 6.07) is 0.386. The molecule has 0 fully saturated rings. The summed E-state index contributed by atoms with van der Waals surface area (Å²) in [5.41, 5.74) is 0.775. The minimum absolute atomic E-state index is 0.218. The van der Waals surface area contributed by atoms with Crippen LogP contribution in [0.4, 0.5) is 5.13 Å². The molecule has 4 nitrogen and oxygen atoms in total. The first-order chi connectivity index (χ1) is 8.56. The summed E-state index contributed by atoms with van der Waals surface area (Å²) in [6.07, 6.45) is 1.39. The van der Waals surface area contributed by atoms with Crippen molar-refractivity contribution < 1.29 is 9.53 Å². The van der Waals surface area contributed by atoms with E-state index in [9.17, 15) is 4.79 Å². The lowest BCUT2D eigenvalue weighted by Crippen LogP contribution is -2.23. The summed E-state index contributed by atoms with van der Waals surface area (Å²) >= 11 is 1.54. The van der Waals surface area contributed by atoms with E-state index in [0.29, 0.717) is 18.6 Å². The van der Waals surface area contributed by atoms with E-state index in [1.165, 1.54) is 11.3 Å². The van der Waals surface area contributed by atoms with Crippen molar-refractivity contribution in [2.24, 2.45) is 5.92 Å². The molecule has 0 amide bonds. The lowest BCUT2D eigenvalue weighted by molar-refractivity contribution is -0.142. The highest BCUT2D eigenvalue weighted by Crippen LogP contribution is 2.19. The van der Waals surface area contributed by atoms with Crippen molar-refractivity contribution >= 4 is 22.4 Å². The van der Waals surface area contributed by atoms with Crippen LogP contribution in [0.15, 0.2) is 5.38 Å². The zero-order valence-electron chi connectivity index (χ0n) is 11.5. The van der Waals surface area contributed by atoms with Crippen LogP contribution in [-0.4, -0.2) is 23.6 Å². The first kappa shape index (κ1) is 15.0. The Balaban J connectivity index is 2.50. The second kappa shape index (κ2) is 7.36. The summed E-state index contributed by atoms with van der Waals surface area (Å²) in [5, 5.41) is 6.16. The minimum atomic E-state index is -0.218. The summed E-state index contributed by atoms with van der Waals surface area (Å²) in [5.74, 6) is 0.381. The van der Waals surface area contributed by atoms with E-state index in [1.54, 1.807) is 6.92 Å². The molecule has 0 aliphatic heterocycles. The number of aromatic nitrogens is 1. The molecular formula is C13H22N2O2S. The molecule has 1 aromatic heterocycles. The predicted molar refractivity (Wildman–Crippen MR) is 75.0 cm³/mol. The Morgan fingerprint density at radius 1 is 1.50 bits per heavy atom. The van der Waals surface area contributed by atoms with Crippen molar-refractivity contribution in [3.63, 3.8) is 0 Å². The van der Waals surface area contributed by atoms with E-state index >= 15 is 0 Å². The highest BCUT2D eigenvalue weighted by molar-refractivity contribution is 7.13. The van der Waals surface area contributed by atoms with Gasteiger partial charge in [0.25, 0.3) is 0 Å². The molecule has 102 valence electrons. The van der Waals surface area contributed by atoms with E-state index in [0.717, 1.165) is 17.2 Å². The molecule has 5 heteroatoms. The number of carbonyl (C=O) groups excluding carboxylic acids is 1. The van der Waals surface area contributed by atoms with E-state index in [4.69, 9.17) is 4.74 Å². The van der Waals surface area contributed by atoms with Gasteiger partial charge in [0.15, 0.2) is 5.13 Å². The van der Waals surface area contributed by atoms with Gasteiger partial charge in [0.2, 0.25) is 0 Å². The van der Waals surface area contributed by atoms with Crippen molar-refractivity contribution in [2.45, 2.75) is 46.6 Å². The van der Waals surface area contributed by atoms with E-state index in [2.05, 4.69) is 31.1 Å². The molecule has 2 unspecified atom stereocenters. The standard InChI is InChI=1S/C13H22N2O2S/c1-5-9(3)10(4)14-13-15-11(8-18-13)7-12(16)17-6-2/h8-10H,5-7H2,1-4H3,(H,14,15). The highest BCUT2D eigenvalue weighted by atomic mass is 32.1. The van der Waals surface area contributed by atoms with Crippen LogP contribution in [0.1, 0.15) is 39.8 Å². The molecular weight excluding hydrogens is 248 g/mol. The molecule has 0 aromatic carbocycles. The van der Waals surface area contributed by atoms with Gasteiger partial charge in [-0.2, -0.15) is 0 Å². The summed E-state index contributed by atoms with van der Waals surface area (Å²) in [6.45, 7) is 8.77. The molecule has 0 radical (unpaired) electrons. The number of carbonyl (C=O) groups is 1. The van der Waals surface area contributed by atoms with Crippen molar-refractivity contribution in [3.05, 3.63) is 11.1 Å². The molecule has 1 N–H and O–H groups in total. The third kappa shape index (κ3) is 4.64. The Morgan fingerprint density at radius 3 is 2.83 bits per heavy atom. The van der Waals surface area contributed by atoms with Crippen LogP contribution in [0.5, 0.6) is 0 Å². The monoisotopic (exact) mass is 270 g/mol. The molecule has 2 atom stereocenters. The van der Waals surface area contributed by atoms with Crippen molar-refractivity contribution in [2.75, 3.05) is 11.9 Å². The normalized spacial score (nSPS) is 14.0. The van der Waals surface area contributed by atoms with Gasteiger partial charge >= 0.3 is 5.97 Å². The Kier molecular flexibility index (Phi) is 6.12. The zero-order valence-corrected chi connectivity index (χ0v) is 12.3. The first-order valence-corrected chi connectivity index (χ1v) is 7.31. The Labute approximate surface area is 113 Å². The van der Waals surface area contributed by atoms with Gasteiger partial charge in [0.05, 0.1) is 18.7 Å². The lowest BCUT2D eigenvalue weighted by atomic mass is 10.0. The Morgan fingerprint density at radius 2 is 2.22 bits per heavy atom. The van der Waals surface area contributed by atoms with Gasteiger partial charge in [-0.1, -0.05) is 20.3 Å². The SMILES string of the molecule is CCOC(=O)Cc1csc(NC(C)C(C)CC)n1. The van der Waals surface area contributed by atoms with Gasteiger partial charge in [0.1, 0.15) is 0 Å². The van der Waals surface area contributed by atoms with Crippen LogP contribution >= 0.6 is 11.3 Å². The molecule has 18 heavy (non-hydrogen) atoms. The number of esters is 1. The lowest BCUT2D eigenvalue weighted by Gasteiger charge is -2.18. The Hall–Kier alpha value is -1.10. The fraction of sp³-hybridized carbons (Fsp3) is 0.692. The number of hydrogen-bond donors (Lipinski definition) is 1. The number of ether oxygens (including phenoxy) is 1. The number of thiazole rings is 1. The fourth-order valence-corrected chi connectivity index (χ4v) is 2.31. The average Bonchev–Trinajstić information content (AvgIpc) is 2.75. The highest BCUT2D eigenvalue weighted by Gasteiger charge is 2.13. The zero-order chi connectivity index (χ0) is 13.5. The molecule has 0 bridgehead atoms. The van der Waals surface area contributed by atoms with E-state index < -0.39 is 0 Å². The summed E-state index contributed by atoms with van der Waals surface area (Å²) < 4.78 is 4.90. The molecule has 0 spiro atoms. The molecule has 1 aromatic rings. The molecule has 0 aliphatic rings. The quantitative estimate of drug-likeness (QED) is 0.774. The van der Waals surface area contributed by atoms with Crippen molar-refractivity contribution in [3.8, 4) is 0 Å². The topological polar surface area (TPSA) is 51.2 Å². The second-order valence-electron chi connectivity index (χ2n) is 4.44. The second-order valence-corrected chi connectivity index (χ2v) is 5.30. The van der Waals surface area contributed by atoms with Crippen LogP contribution in [0.25, 0.3) is 0 Å². The first-order valence-electron chi connectivity index (χ1n) is 6.43. The smallest absolute Gasteiger partial charge is 0.311 e. The fourth-order valence-electron chi connectivity index (χ4n) is 1.50. The number of hydrogen-bond acceptors (Lipinski definition) is 5. The number of nitrogens with zero attached hydrogens (tertiary/aromatic N) is 1. The van der Waals surface area contributed by atoms with Crippen LogP contribution in [0.3, 0.4) is 0 Å². The third-order valence-electron chi connectivity index (χ3n) is 3.03. The maximum atomic E-state index is 11.3. The largest absolute Gasteiger partial charge is 0.466 e. The molecule has 1 rings (SSSR count). The van der Waals surface area contributed by atoms with Gasteiger partial charge in [-0.3, -0.25) is 4.79 Å².